The van der Waals surface area contributed by atoms with Crippen LogP contribution in [0.4, 0.5) is 10.5 Å². The van der Waals surface area contributed by atoms with Gasteiger partial charge in [-0.15, -0.1) is 0 Å². The van der Waals surface area contributed by atoms with E-state index in [1.54, 1.807) is 19.6 Å². The number of carbonyl (C=O) groups excluding carboxylic acids is 4. The molecule has 0 radical (unpaired) electrons. The van der Waals surface area contributed by atoms with Crippen LogP contribution in [-0.4, -0.2) is 104 Å². The second-order valence-corrected chi connectivity index (χ2v) is 10.1. The Morgan fingerprint density at radius 2 is 1.70 bits per heavy atom. The maximum absolute atomic E-state index is 13.4. The standard InChI is InChI=1S/C30H39N5O5/c1-3-32(4-2)29(38)22-40-26-19-33(16-14-23-8-6-5-7-9-23)28(37)21-34(20-26)27(36)18-24-10-12-25(13-11-24)35-17-15-31-30(35)39/h5-13,26H,3-4,14-22H2,1-2H3,(H,31,39). The van der Waals surface area contributed by atoms with Crippen molar-refractivity contribution in [3.05, 3.63) is 65.7 Å². The highest BCUT2D eigenvalue weighted by atomic mass is 16.5. The van der Waals surface area contributed by atoms with Gasteiger partial charge in [-0.3, -0.25) is 19.3 Å². The normalized spacial score (nSPS) is 17.6. The lowest BCUT2D eigenvalue weighted by atomic mass is 10.1. The largest absolute Gasteiger partial charge is 0.365 e. The van der Waals surface area contributed by atoms with Crippen molar-refractivity contribution in [3.63, 3.8) is 0 Å². The number of benzene rings is 2. The highest BCUT2D eigenvalue weighted by Gasteiger charge is 2.31. The van der Waals surface area contributed by atoms with Crippen molar-refractivity contribution in [1.29, 1.82) is 0 Å². The molecule has 10 heteroatoms. The molecule has 2 heterocycles. The fraction of sp³-hybridized carbons (Fsp3) is 0.467. The molecule has 1 N–H and O–H groups in total. The zero-order valence-corrected chi connectivity index (χ0v) is 23.4. The number of nitrogens with one attached hydrogen (secondary N) is 1. The smallest absolute Gasteiger partial charge is 0.321 e. The summed E-state index contributed by atoms with van der Waals surface area (Å²) in [4.78, 5) is 57.8. The number of rotatable bonds is 11. The fourth-order valence-electron chi connectivity index (χ4n) is 5.05. The second-order valence-electron chi connectivity index (χ2n) is 10.1. The van der Waals surface area contributed by atoms with E-state index in [1.165, 1.54) is 0 Å². The first kappa shape index (κ1) is 29.1. The predicted octanol–water partition coefficient (Wildman–Crippen LogP) is 1.93. The average molecular weight is 550 g/mol. The maximum atomic E-state index is 13.4. The van der Waals surface area contributed by atoms with Crippen molar-refractivity contribution in [2.75, 3.05) is 63.9 Å². The Morgan fingerprint density at radius 1 is 0.975 bits per heavy atom. The summed E-state index contributed by atoms with van der Waals surface area (Å²) in [6.45, 7) is 7.14. The van der Waals surface area contributed by atoms with Gasteiger partial charge in [0, 0.05) is 51.5 Å². The molecule has 10 nitrogen and oxygen atoms in total. The predicted molar refractivity (Wildman–Crippen MR) is 152 cm³/mol. The first-order valence-corrected chi connectivity index (χ1v) is 14.0. The summed E-state index contributed by atoms with van der Waals surface area (Å²) in [5, 5.41) is 2.78. The van der Waals surface area contributed by atoms with Crippen LogP contribution in [0.2, 0.25) is 0 Å². The Labute approximate surface area is 235 Å². The molecule has 0 aromatic heterocycles. The number of carbonyl (C=O) groups is 4. The van der Waals surface area contributed by atoms with Crippen LogP contribution in [0.5, 0.6) is 0 Å². The van der Waals surface area contributed by atoms with E-state index in [2.05, 4.69) is 5.32 Å². The molecule has 40 heavy (non-hydrogen) atoms. The Hall–Kier alpha value is -3.92. The van der Waals surface area contributed by atoms with Crippen LogP contribution in [0.25, 0.3) is 0 Å². The molecular formula is C30H39N5O5. The third-order valence-corrected chi connectivity index (χ3v) is 7.41. The van der Waals surface area contributed by atoms with Crippen LogP contribution in [0.3, 0.4) is 0 Å². The lowest BCUT2D eigenvalue weighted by molar-refractivity contribution is -0.139. The van der Waals surface area contributed by atoms with Crippen molar-refractivity contribution in [2.24, 2.45) is 0 Å². The molecule has 214 valence electrons. The lowest BCUT2D eigenvalue weighted by Gasteiger charge is -2.26. The number of anilines is 1. The molecule has 2 aromatic carbocycles. The van der Waals surface area contributed by atoms with Gasteiger partial charge in [-0.1, -0.05) is 42.5 Å². The number of amides is 5. The molecule has 0 saturated carbocycles. The van der Waals surface area contributed by atoms with E-state index in [0.717, 1.165) is 16.8 Å². The summed E-state index contributed by atoms with van der Waals surface area (Å²) in [5.41, 5.74) is 2.69. The van der Waals surface area contributed by atoms with Crippen molar-refractivity contribution in [2.45, 2.75) is 32.8 Å². The summed E-state index contributed by atoms with van der Waals surface area (Å²) in [6.07, 6.45) is 0.323. The van der Waals surface area contributed by atoms with E-state index in [1.807, 2.05) is 68.4 Å². The zero-order valence-electron chi connectivity index (χ0n) is 23.4. The topological polar surface area (TPSA) is 102 Å². The zero-order chi connectivity index (χ0) is 28.5. The van der Waals surface area contributed by atoms with Crippen LogP contribution in [0, 0.1) is 0 Å². The summed E-state index contributed by atoms with van der Waals surface area (Å²) in [6, 6.07) is 17.1. The van der Waals surface area contributed by atoms with Crippen LogP contribution in [0.1, 0.15) is 25.0 Å². The van der Waals surface area contributed by atoms with Crippen molar-refractivity contribution >= 4 is 29.4 Å². The molecule has 0 aliphatic carbocycles. The third-order valence-electron chi connectivity index (χ3n) is 7.41. The number of ether oxygens (including phenoxy) is 1. The molecule has 1 atom stereocenters. The molecular weight excluding hydrogens is 510 g/mol. The summed E-state index contributed by atoms with van der Waals surface area (Å²) < 4.78 is 6.03. The molecule has 0 spiro atoms. The highest BCUT2D eigenvalue weighted by molar-refractivity contribution is 5.94. The Morgan fingerprint density at radius 3 is 2.35 bits per heavy atom. The Balaban J connectivity index is 1.43. The van der Waals surface area contributed by atoms with Gasteiger partial charge < -0.3 is 24.8 Å². The van der Waals surface area contributed by atoms with Crippen molar-refractivity contribution in [1.82, 2.24) is 20.0 Å². The van der Waals surface area contributed by atoms with E-state index in [-0.39, 0.29) is 49.9 Å². The molecule has 2 aliphatic rings. The Kier molecular flexibility index (Phi) is 10.1. The van der Waals surface area contributed by atoms with Crippen LogP contribution in [-0.2, 0) is 32.0 Å². The molecule has 1 unspecified atom stereocenters. The minimum Gasteiger partial charge on any atom is -0.365 e. The lowest BCUT2D eigenvalue weighted by Crippen LogP contribution is -2.42. The van der Waals surface area contributed by atoms with Gasteiger partial charge >= 0.3 is 6.03 Å². The Bertz CT molecular complexity index is 1170. The van der Waals surface area contributed by atoms with E-state index in [0.29, 0.717) is 45.7 Å². The van der Waals surface area contributed by atoms with Crippen LogP contribution < -0.4 is 10.2 Å². The van der Waals surface area contributed by atoms with Gasteiger partial charge in [0.1, 0.15) is 6.61 Å². The summed E-state index contributed by atoms with van der Waals surface area (Å²) >= 11 is 0. The van der Waals surface area contributed by atoms with Gasteiger partial charge in [-0.05, 0) is 43.5 Å². The molecule has 2 aromatic rings. The molecule has 5 amide bonds. The monoisotopic (exact) mass is 549 g/mol. The molecule has 2 fully saturated rings. The van der Waals surface area contributed by atoms with Crippen molar-refractivity contribution < 1.29 is 23.9 Å². The molecule has 0 bridgehead atoms. The molecule has 4 rings (SSSR count). The first-order valence-electron chi connectivity index (χ1n) is 14.0. The molecule has 2 aliphatic heterocycles. The number of hydrogen-bond donors (Lipinski definition) is 1. The van der Waals surface area contributed by atoms with Gasteiger partial charge in [-0.25, -0.2) is 4.79 Å². The van der Waals surface area contributed by atoms with Crippen LogP contribution >= 0.6 is 0 Å². The first-order chi connectivity index (χ1) is 19.4. The average Bonchev–Trinajstić information content (AvgIpc) is 3.32. The van der Waals surface area contributed by atoms with E-state index < -0.39 is 6.10 Å². The number of hydrogen-bond acceptors (Lipinski definition) is 5. The summed E-state index contributed by atoms with van der Waals surface area (Å²) in [7, 11) is 0. The van der Waals surface area contributed by atoms with Gasteiger partial charge in [0.15, 0.2) is 0 Å². The maximum Gasteiger partial charge on any atom is 0.321 e. The highest BCUT2D eigenvalue weighted by Crippen LogP contribution is 2.19. The minimum absolute atomic E-state index is 0.0382. The minimum atomic E-state index is -0.484. The molecule has 2 saturated heterocycles. The quantitative estimate of drug-likeness (QED) is 0.462. The van der Waals surface area contributed by atoms with Crippen LogP contribution in [0.15, 0.2) is 54.6 Å². The van der Waals surface area contributed by atoms with E-state index in [4.69, 9.17) is 4.74 Å². The number of nitrogens with zero attached hydrogens (tertiary/aromatic N) is 4. The SMILES string of the molecule is CCN(CC)C(=O)COC1CN(CCc2ccccc2)C(=O)CN(C(=O)Cc2ccc(N3CCNC3=O)cc2)C1. The third kappa shape index (κ3) is 7.59. The van der Waals surface area contributed by atoms with Gasteiger partial charge in [0.25, 0.3) is 0 Å². The van der Waals surface area contributed by atoms with Gasteiger partial charge in [0.05, 0.1) is 19.1 Å². The summed E-state index contributed by atoms with van der Waals surface area (Å²) in [5.74, 6) is -0.435. The van der Waals surface area contributed by atoms with Gasteiger partial charge in [0.2, 0.25) is 17.7 Å². The number of urea groups is 1. The van der Waals surface area contributed by atoms with Gasteiger partial charge in [-0.2, -0.15) is 0 Å². The van der Waals surface area contributed by atoms with E-state index in [9.17, 15) is 19.2 Å². The fourth-order valence-corrected chi connectivity index (χ4v) is 5.05. The second kappa shape index (κ2) is 13.9. The number of likely N-dealkylation sites (N-methyl/N-ethyl adjacent to an activating group) is 1. The van der Waals surface area contributed by atoms with E-state index >= 15 is 0 Å². The van der Waals surface area contributed by atoms with Crippen molar-refractivity contribution in [3.8, 4) is 0 Å².